The van der Waals surface area contributed by atoms with Gasteiger partial charge in [0.25, 0.3) is 0 Å². The summed E-state index contributed by atoms with van der Waals surface area (Å²) in [7, 11) is 0. The Morgan fingerprint density at radius 2 is 2.00 bits per heavy atom. The van der Waals surface area contributed by atoms with Crippen LogP contribution in [0.5, 0.6) is 0 Å². The van der Waals surface area contributed by atoms with Gasteiger partial charge < -0.3 is 4.84 Å². The second kappa shape index (κ2) is 3.54. The Kier molecular flexibility index (Phi) is 2.81. The first-order chi connectivity index (χ1) is 5.96. The number of carbonyl (C=O) groups excluding carboxylic acids is 1. The SMILES string of the molecule is CC(C)(C)N(C(=O)ON)C1CCC1. The molecule has 1 aliphatic carbocycles. The third-order valence-electron chi connectivity index (χ3n) is 2.46. The van der Waals surface area contributed by atoms with Crippen molar-refractivity contribution in [2.24, 2.45) is 5.90 Å². The zero-order valence-corrected chi connectivity index (χ0v) is 8.54. The van der Waals surface area contributed by atoms with Gasteiger partial charge in [-0.15, -0.1) is 0 Å². The lowest BCUT2D eigenvalue weighted by atomic mass is 9.88. The van der Waals surface area contributed by atoms with E-state index in [1.165, 1.54) is 6.42 Å². The molecule has 0 aromatic rings. The van der Waals surface area contributed by atoms with E-state index in [2.05, 4.69) is 4.84 Å². The van der Waals surface area contributed by atoms with Gasteiger partial charge in [-0.25, -0.2) is 4.79 Å². The van der Waals surface area contributed by atoms with Crippen LogP contribution in [0.2, 0.25) is 0 Å². The quantitative estimate of drug-likeness (QED) is 0.633. The van der Waals surface area contributed by atoms with E-state index >= 15 is 0 Å². The molecule has 0 heterocycles. The Morgan fingerprint density at radius 1 is 1.46 bits per heavy atom. The van der Waals surface area contributed by atoms with Crippen molar-refractivity contribution in [3.8, 4) is 0 Å². The summed E-state index contributed by atoms with van der Waals surface area (Å²) in [5.74, 6) is 4.90. The summed E-state index contributed by atoms with van der Waals surface area (Å²) in [5.41, 5.74) is -0.207. The fourth-order valence-electron chi connectivity index (χ4n) is 1.67. The maximum atomic E-state index is 11.4. The van der Waals surface area contributed by atoms with Crippen LogP contribution in [0.25, 0.3) is 0 Å². The van der Waals surface area contributed by atoms with E-state index in [9.17, 15) is 4.79 Å². The number of nitrogens with zero attached hydrogens (tertiary/aromatic N) is 1. The molecule has 0 unspecified atom stereocenters. The van der Waals surface area contributed by atoms with Crippen molar-refractivity contribution in [2.45, 2.75) is 51.6 Å². The van der Waals surface area contributed by atoms with E-state index < -0.39 is 6.09 Å². The fraction of sp³-hybridized carbons (Fsp3) is 0.889. The molecule has 0 saturated heterocycles. The minimum absolute atomic E-state index is 0.207. The van der Waals surface area contributed by atoms with Crippen LogP contribution in [-0.2, 0) is 4.84 Å². The Balaban J connectivity index is 2.69. The van der Waals surface area contributed by atoms with Crippen LogP contribution in [-0.4, -0.2) is 22.6 Å². The van der Waals surface area contributed by atoms with Gasteiger partial charge in [-0.2, -0.15) is 5.90 Å². The molecule has 0 atom stereocenters. The lowest BCUT2D eigenvalue weighted by Crippen LogP contribution is -2.54. The molecule has 1 aliphatic rings. The molecule has 0 aromatic carbocycles. The fourth-order valence-corrected chi connectivity index (χ4v) is 1.67. The third-order valence-corrected chi connectivity index (χ3v) is 2.46. The molecule has 1 saturated carbocycles. The lowest BCUT2D eigenvalue weighted by molar-refractivity contribution is 0.0215. The van der Waals surface area contributed by atoms with Crippen LogP contribution in [0.3, 0.4) is 0 Å². The number of carbonyl (C=O) groups is 1. The van der Waals surface area contributed by atoms with E-state index in [4.69, 9.17) is 5.90 Å². The largest absolute Gasteiger partial charge is 0.429 e. The average molecular weight is 186 g/mol. The summed E-state index contributed by atoms with van der Waals surface area (Å²) < 4.78 is 0. The van der Waals surface area contributed by atoms with Crippen LogP contribution in [0.4, 0.5) is 4.79 Å². The molecule has 0 bridgehead atoms. The molecule has 4 nitrogen and oxygen atoms in total. The second-order valence-electron chi connectivity index (χ2n) is 4.51. The van der Waals surface area contributed by atoms with Crippen molar-refractivity contribution in [1.29, 1.82) is 0 Å². The molecule has 0 radical (unpaired) electrons. The van der Waals surface area contributed by atoms with Crippen molar-refractivity contribution in [2.75, 3.05) is 0 Å². The number of hydrogen-bond donors (Lipinski definition) is 1. The van der Waals surface area contributed by atoms with Gasteiger partial charge in [-0.3, -0.25) is 4.90 Å². The summed E-state index contributed by atoms with van der Waals surface area (Å²) >= 11 is 0. The maximum Gasteiger partial charge on any atom is 0.429 e. The van der Waals surface area contributed by atoms with E-state index in [1.54, 1.807) is 4.90 Å². The van der Waals surface area contributed by atoms with Gasteiger partial charge in [0.2, 0.25) is 0 Å². The highest BCUT2D eigenvalue weighted by molar-refractivity contribution is 5.68. The van der Waals surface area contributed by atoms with Gasteiger partial charge in [0.15, 0.2) is 0 Å². The molecule has 4 heteroatoms. The molecule has 0 spiro atoms. The topological polar surface area (TPSA) is 55.6 Å². The number of hydrogen-bond acceptors (Lipinski definition) is 3. The zero-order valence-electron chi connectivity index (χ0n) is 8.54. The molecule has 2 N–H and O–H groups in total. The molecule has 13 heavy (non-hydrogen) atoms. The van der Waals surface area contributed by atoms with E-state index in [1.807, 2.05) is 20.8 Å². The van der Waals surface area contributed by atoms with Gasteiger partial charge in [0.05, 0.1) is 0 Å². The highest BCUT2D eigenvalue weighted by atomic mass is 16.7. The minimum atomic E-state index is -0.419. The van der Waals surface area contributed by atoms with Crippen LogP contribution in [0.1, 0.15) is 40.0 Å². The number of amides is 1. The summed E-state index contributed by atoms with van der Waals surface area (Å²) in [5, 5.41) is 0. The summed E-state index contributed by atoms with van der Waals surface area (Å²) in [6, 6.07) is 0.316. The van der Waals surface area contributed by atoms with Crippen molar-refractivity contribution in [1.82, 2.24) is 4.90 Å². The summed E-state index contributed by atoms with van der Waals surface area (Å²) in [6.07, 6.45) is 2.89. The van der Waals surface area contributed by atoms with Crippen LogP contribution >= 0.6 is 0 Å². The first kappa shape index (κ1) is 10.3. The molecule has 0 aromatic heterocycles. The normalized spacial score (nSPS) is 17.8. The minimum Gasteiger partial charge on any atom is -0.357 e. The van der Waals surface area contributed by atoms with E-state index in [0.29, 0.717) is 6.04 Å². The highest BCUT2D eigenvalue weighted by Gasteiger charge is 2.37. The van der Waals surface area contributed by atoms with Gasteiger partial charge in [0, 0.05) is 11.6 Å². The van der Waals surface area contributed by atoms with Crippen LogP contribution in [0.15, 0.2) is 0 Å². The van der Waals surface area contributed by atoms with Gasteiger partial charge in [-0.05, 0) is 40.0 Å². The van der Waals surface area contributed by atoms with Crippen LogP contribution in [0, 0.1) is 0 Å². The van der Waals surface area contributed by atoms with Gasteiger partial charge in [0.1, 0.15) is 0 Å². The van der Waals surface area contributed by atoms with Crippen molar-refractivity contribution in [3.63, 3.8) is 0 Å². The third kappa shape index (κ3) is 2.12. The Morgan fingerprint density at radius 3 is 2.23 bits per heavy atom. The highest BCUT2D eigenvalue weighted by Crippen LogP contribution is 2.30. The Bertz CT molecular complexity index is 194. The number of rotatable bonds is 1. The molecule has 1 amide bonds. The smallest absolute Gasteiger partial charge is 0.357 e. The van der Waals surface area contributed by atoms with Crippen molar-refractivity contribution < 1.29 is 9.63 Å². The lowest BCUT2D eigenvalue weighted by Gasteiger charge is -2.44. The molecular weight excluding hydrogens is 168 g/mol. The second-order valence-corrected chi connectivity index (χ2v) is 4.51. The predicted octanol–water partition coefficient (Wildman–Crippen LogP) is 1.65. The van der Waals surface area contributed by atoms with Gasteiger partial charge in [-0.1, -0.05) is 0 Å². The predicted molar refractivity (Wildman–Crippen MR) is 49.9 cm³/mol. The monoisotopic (exact) mass is 186 g/mol. The Hall–Kier alpha value is -0.770. The summed E-state index contributed by atoms with van der Waals surface area (Å²) in [6.45, 7) is 5.96. The first-order valence-electron chi connectivity index (χ1n) is 4.67. The first-order valence-corrected chi connectivity index (χ1v) is 4.67. The molecule has 1 fully saturated rings. The van der Waals surface area contributed by atoms with Crippen molar-refractivity contribution >= 4 is 6.09 Å². The zero-order chi connectivity index (χ0) is 10.1. The molecule has 1 rings (SSSR count). The van der Waals surface area contributed by atoms with Gasteiger partial charge >= 0.3 is 6.09 Å². The van der Waals surface area contributed by atoms with E-state index in [-0.39, 0.29) is 5.54 Å². The maximum absolute atomic E-state index is 11.4. The standard InChI is InChI=1S/C9H18N2O2/c1-9(2,3)11(8(12)13-10)7-5-4-6-7/h7H,4-6,10H2,1-3H3. The molecular formula is C9H18N2O2. The van der Waals surface area contributed by atoms with E-state index in [0.717, 1.165) is 12.8 Å². The summed E-state index contributed by atoms with van der Waals surface area (Å²) in [4.78, 5) is 17.4. The number of nitrogens with two attached hydrogens (primary N) is 1. The van der Waals surface area contributed by atoms with Crippen molar-refractivity contribution in [3.05, 3.63) is 0 Å². The van der Waals surface area contributed by atoms with Crippen LogP contribution < -0.4 is 5.90 Å². The Labute approximate surface area is 79.0 Å². The average Bonchev–Trinajstić information content (AvgIpc) is 1.92. The molecule has 0 aliphatic heterocycles. The molecule has 76 valence electrons.